The summed E-state index contributed by atoms with van der Waals surface area (Å²) in [5.41, 5.74) is 6.42. The number of anilines is 1. The van der Waals surface area contributed by atoms with E-state index >= 15 is 4.39 Å². The van der Waals surface area contributed by atoms with Gasteiger partial charge in [0.1, 0.15) is 35.3 Å². The molecule has 0 spiro atoms. The fraction of sp³-hybridized carbons (Fsp3) is 0.250. The molecule has 1 amide bonds. The van der Waals surface area contributed by atoms with Gasteiger partial charge in [0.05, 0.1) is 11.4 Å². The van der Waals surface area contributed by atoms with Gasteiger partial charge in [-0.2, -0.15) is 13.9 Å². The summed E-state index contributed by atoms with van der Waals surface area (Å²) in [4.78, 5) is 22.0. The number of hydrogen-bond donors (Lipinski definition) is 1. The summed E-state index contributed by atoms with van der Waals surface area (Å²) in [6.07, 6.45) is 2.57. The van der Waals surface area contributed by atoms with E-state index in [0.29, 0.717) is 31.6 Å². The zero-order valence-corrected chi connectivity index (χ0v) is 20.2. The van der Waals surface area contributed by atoms with Crippen LogP contribution in [0.3, 0.4) is 0 Å². The summed E-state index contributed by atoms with van der Waals surface area (Å²) >= 11 is 5.71. The number of alkyl halides is 1. The Balaban J connectivity index is 1.54. The number of carbonyl (C=O) groups excluding carboxylic acids is 1. The van der Waals surface area contributed by atoms with Crippen molar-refractivity contribution in [1.29, 1.82) is 0 Å². The first kappa shape index (κ1) is 25.6. The van der Waals surface area contributed by atoms with Crippen molar-refractivity contribution in [2.24, 2.45) is 0 Å². The number of piperidine rings is 1. The van der Waals surface area contributed by atoms with Gasteiger partial charge in [0.2, 0.25) is 23.3 Å². The van der Waals surface area contributed by atoms with Gasteiger partial charge in [-0.05, 0) is 25.0 Å². The van der Waals surface area contributed by atoms with Crippen LogP contribution in [0.15, 0.2) is 30.6 Å². The number of benzene rings is 2. The molecular formula is C24H18ClF5N6O2. The number of nitrogen functional groups attached to an aromatic ring is 1. The Hall–Kier alpha value is -4.00. The summed E-state index contributed by atoms with van der Waals surface area (Å²) in [5.74, 6) is -9.94. The molecule has 0 bridgehead atoms. The van der Waals surface area contributed by atoms with Crippen molar-refractivity contribution in [1.82, 2.24) is 24.6 Å². The number of halogens is 6. The van der Waals surface area contributed by atoms with E-state index in [2.05, 4.69) is 15.1 Å². The first-order valence-electron chi connectivity index (χ1n) is 11.3. The van der Waals surface area contributed by atoms with E-state index in [1.165, 1.54) is 12.4 Å². The second-order valence-corrected chi connectivity index (χ2v) is 8.83. The Kier molecular flexibility index (Phi) is 6.78. The maximum absolute atomic E-state index is 15.3. The standard InChI is InChI=1S/C24H18ClF5N6O2/c25-8-17(37)35-5-1-2-11(9-35)36-24-18(23(31)32-10-33-24)21(34-36)13-4-3-12(6-14(13)26)38-22-19(29)15(27)7-16(28)20(22)30/h3-4,6-7,10-11H,1-2,5,8-9H2,(H2,31,32,33). The van der Waals surface area contributed by atoms with Gasteiger partial charge < -0.3 is 15.4 Å². The maximum Gasteiger partial charge on any atom is 0.237 e. The van der Waals surface area contributed by atoms with Crippen LogP contribution in [-0.4, -0.2) is 49.5 Å². The lowest BCUT2D eigenvalue weighted by Gasteiger charge is -2.32. The molecule has 1 aliphatic rings. The van der Waals surface area contributed by atoms with Crippen molar-refractivity contribution >= 4 is 34.4 Å². The Bertz CT molecular complexity index is 1540. The third-order valence-corrected chi connectivity index (χ3v) is 6.44. The number of nitrogens with zero attached hydrogens (tertiary/aromatic N) is 5. The van der Waals surface area contributed by atoms with Crippen molar-refractivity contribution < 1.29 is 31.5 Å². The lowest BCUT2D eigenvalue weighted by Crippen LogP contribution is -2.41. The smallest absolute Gasteiger partial charge is 0.237 e. The Labute approximate surface area is 216 Å². The molecule has 1 aliphatic heterocycles. The number of likely N-dealkylation sites (tertiary alicyclic amines) is 1. The SMILES string of the molecule is Nc1ncnc2c1c(-c1ccc(Oc3c(F)c(F)cc(F)c3F)cc1F)nn2C1CCCN(C(=O)CCl)C1. The highest BCUT2D eigenvalue weighted by atomic mass is 35.5. The van der Waals surface area contributed by atoms with Crippen molar-refractivity contribution in [3.63, 3.8) is 0 Å². The maximum atomic E-state index is 15.3. The van der Waals surface area contributed by atoms with Gasteiger partial charge in [-0.25, -0.2) is 27.8 Å². The molecule has 1 atom stereocenters. The molecule has 3 heterocycles. The number of nitrogens with two attached hydrogens (primary N) is 1. The van der Waals surface area contributed by atoms with Crippen LogP contribution in [0.1, 0.15) is 18.9 Å². The molecule has 198 valence electrons. The summed E-state index contributed by atoms with van der Waals surface area (Å²) < 4.78 is 76.8. The molecule has 38 heavy (non-hydrogen) atoms. The molecule has 1 unspecified atom stereocenters. The van der Waals surface area contributed by atoms with E-state index in [0.717, 1.165) is 12.1 Å². The molecular weight excluding hydrogens is 535 g/mol. The van der Waals surface area contributed by atoms with E-state index < -0.39 is 40.6 Å². The van der Waals surface area contributed by atoms with Gasteiger partial charge >= 0.3 is 0 Å². The second-order valence-electron chi connectivity index (χ2n) is 8.56. The van der Waals surface area contributed by atoms with E-state index in [9.17, 15) is 22.4 Å². The van der Waals surface area contributed by atoms with Gasteiger partial charge in [-0.1, -0.05) is 0 Å². The average Bonchev–Trinajstić information content (AvgIpc) is 3.30. The predicted octanol–water partition coefficient (Wildman–Crippen LogP) is 4.97. The van der Waals surface area contributed by atoms with Crippen molar-refractivity contribution in [2.45, 2.75) is 18.9 Å². The second kappa shape index (κ2) is 10.0. The first-order chi connectivity index (χ1) is 18.2. The van der Waals surface area contributed by atoms with Gasteiger partial charge in [0.15, 0.2) is 17.3 Å². The number of fused-ring (bicyclic) bond motifs is 1. The van der Waals surface area contributed by atoms with Gasteiger partial charge in [-0.15, -0.1) is 11.6 Å². The highest BCUT2D eigenvalue weighted by Gasteiger charge is 2.29. The minimum atomic E-state index is -1.77. The zero-order valence-electron chi connectivity index (χ0n) is 19.4. The molecule has 2 aromatic carbocycles. The normalized spacial score (nSPS) is 15.7. The zero-order chi connectivity index (χ0) is 27.1. The molecule has 5 rings (SSSR count). The van der Waals surface area contributed by atoms with Crippen LogP contribution in [0.25, 0.3) is 22.3 Å². The van der Waals surface area contributed by atoms with Crippen LogP contribution in [0, 0.1) is 29.1 Å². The number of ether oxygens (including phenoxy) is 1. The number of amides is 1. The molecule has 1 fully saturated rings. The van der Waals surface area contributed by atoms with Crippen molar-refractivity contribution in [2.75, 3.05) is 24.7 Å². The topological polar surface area (TPSA) is 99.2 Å². The molecule has 0 radical (unpaired) electrons. The fourth-order valence-electron chi connectivity index (χ4n) is 4.41. The summed E-state index contributed by atoms with van der Waals surface area (Å²) in [6.45, 7) is 0.847. The number of hydrogen-bond acceptors (Lipinski definition) is 6. The van der Waals surface area contributed by atoms with Crippen LogP contribution >= 0.6 is 11.6 Å². The summed E-state index contributed by atoms with van der Waals surface area (Å²) in [5, 5.41) is 4.81. The van der Waals surface area contributed by atoms with Crippen LogP contribution in [0.5, 0.6) is 11.5 Å². The van der Waals surface area contributed by atoms with Gasteiger partial charge in [0.25, 0.3) is 0 Å². The largest absolute Gasteiger partial charge is 0.451 e. The summed E-state index contributed by atoms with van der Waals surface area (Å²) in [7, 11) is 0. The predicted molar refractivity (Wildman–Crippen MR) is 127 cm³/mol. The third kappa shape index (κ3) is 4.46. The van der Waals surface area contributed by atoms with E-state index in [4.69, 9.17) is 22.1 Å². The molecule has 14 heteroatoms. The highest BCUT2D eigenvalue weighted by molar-refractivity contribution is 6.27. The molecule has 2 aromatic heterocycles. The Morgan fingerprint density at radius 3 is 2.50 bits per heavy atom. The third-order valence-electron chi connectivity index (χ3n) is 6.21. The summed E-state index contributed by atoms with van der Waals surface area (Å²) in [6, 6.07) is 2.86. The van der Waals surface area contributed by atoms with Gasteiger partial charge in [0, 0.05) is 30.8 Å². The molecule has 1 saturated heterocycles. The molecule has 8 nitrogen and oxygen atoms in total. The highest BCUT2D eigenvalue weighted by Crippen LogP contribution is 2.37. The number of rotatable bonds is 5. The van der Waals surface area contributed by atoms with Crippen molar-refractivity contribution in [3.05, 3.63) is 59.7 Å². The first-order valence-corrected chi connectivity index (χ1v) is 11.9. The van der Waals surface area contributed by atoms with Crippen molar-refractivity contribution in [3.8, 4) is 22.8 Å². The van der Waals surface area contributed by atoms with E-state index in [1.807, 2.05) is 0 Å². The fourth-order valence-corrected chi connectivity index (χ4v) is 4.58. The van der Waals surface area contributed by atoms with Gasteiger partial charge in [-0.3, -0.25) is 4.79 Å². The number of aromatic nitrogens is 4. The van der Waals surface area contributed by atoms with E-state index in [1.54, 1.807) is 9.58 Å². The van der Waals surface area contributed by atoms with Crippen LogP contribution in [0.4, 0.5) is 27.8 Å². The number of carbonyl (C=O) groups is 1. The monoisotopic (exact) mass is 552 g/mol. The molecule has 2 N–H and O–H groups in total. The quantitative estimate of drug-likeness (QED) is 0.213. The van der Waals surface area contributed by atoms with E-state index in [-0.39, 0.29) is 46.4 Å². The molecule has 4 aromatic rings. The minimum absolute atomic E-state index is 0.0276. The Morgan fingerprint density at radius 1 is 1.08 bits per heavy atom. The Morgan fingerprint density at radius 2 is 1.82 bits per heavy atom. The van der Waals surface area contributed by atoms with Crippen LogP contribution < -0.4 is 10.5 Å². The van der Waals surface area contributed by atoms with Crippen LogP contribution in [-0.2, 0) is 4.79 Å². The van der Waals surface area contributed by atoms with Crippen LogP contribution in [0.2, 0.25) is 0 Å². The lowest BCUT2D eigenvalue weighted by molar-refractivity contribution is -0.130. The molecule has 0 aliphatic carbocycles. The lowest BCUT2D eigenvalue weighted by atomic mass is 10.1. The minimum Gasteiger partial charge on any atom is -0.451 e. The molecule has 0 saturated carbocycles. The average molecular weight is 553 g/mol.